The van der Waals surface area contributed by atoms with Gasteiger partial charge in [0.15, 0.2) is 0 Å². The summed E-state index contributed by atoms with van der Waals surface area (Å²) in [5.41, 5.74) is -4.58. The number of rotatable bonds is 20. The Hall–Kier alpha value is -8.18. The monoisotopic (exact) mass is 3010 g/mol. The van der Waals surface area contributed by atoms with Crippen LogP contribution >= 0.6 is 0 Å². The van der Waals surface area contributed by atoms with Gasteiger partial charge in [0.2, 0.25) is 0 Å². The van der Waals surface area contributed by atoms with Crippen molar-refractivity contribution in [3.8, 4) is 101 Å². The summed E-state index contributed by atoms with van der Waals surface area (Å²) >= 11 is -17.4. The maximum absolute atomic E-state index is 8.07. The molecule has 8 aromatic heterocycles. The van der Waals surface area contributed by atoms with Crippen LogP contribution in [0.3, 0.4) is 0 Å². The van der Waals surface area contributed by atoms with Crippen molar-refractivity contribution >= 4 is 124 Å². The number of nitrogens with zero attached hydrogens (tertiary/aromatic N) is 8. The molecule has 1 aliphatic rings. The Morgan fingerprint density at radius 3 is 0.844 bits per heavy atom. The number of hydrogen-bond acceptors (Lipinski definition) is 8. The molecule has 147 heavy (non-hydrogen) atoms. The summed E-state index contributed by atoms with van der Waals surface area (Å²) in [6.07, 6.45) is 16.2. The van der Waals surface area contributed by atoms with Crippen LogP contribution in [0.4, 0.5) is 0 Å². The third kappa shape index (κ3) is 40.4. The van der Waals surface area contributed by atoms with E-state index in [0.717, 1.165) is 92.4 Å². The molecule has 17 aromatic rings. The van der Waals surface area contributed by atoms with Gasteiger partial charge >= 0.3 is 432 Å². The third-order valence-corrected chi connectivity index (χ3v) is 40.6. The van der Waals surface area contributed by atoms with Gasteiger partial charge in [-0.05, 0) is 80.2 Å². The van der Waals surface area contributed by atoms with Gasteiger partial charge in [0.1, 0.15) is 0 Å². The summed E-state index contributed by atoms with van der Waals surface area (Å²) in [6.45, 7) is -10.6. The normalized spacial score (nSPS) is 18.1. The van der Waals surface area contributed by atoms with E-state index < -0.39 is 183 Å². The standard InChI is InChI=1S/C20H20NSi.C19H24NSi.C18H24NSi.4C14H16GeN.C14H16NSi.4Ir/c1-22(2,3)19-12-13-20(21-15-19)18-11-7-10-17(14-18)16-8-5-4-6-9-16;1-21(2,3)19-14-20-18(16-11-5-4-6-12-16)13-17(19)15-9-7-8-10-15;1-14(2)11-16-12-17(15-9-7-6-8-10-15)19-13-18(16)20(3,4)5;4*1-15(2,3)13-9-10-14(16-11-13)12-7-5-4-6-8-12;1-16(2,3)13-9-10-14(15-11-13)12-7-5-4-6-8-12;;;;/h4-10,12-15H,1-3H3;4-6,11,13-15H,7-10H2,1-3H3;6-9,12-14H,11H2,1-5H3;5*4-7,9-11H,1-3H3;;;;/q8*-1;;;;/i2*1D3,2D3;3D3,4D3;5*1D3,2D3;;;;. The molecule has 8 heterocycles. The molecule has 0 N–H and O–H groups in total. The van der Waals surface area contributed by atoms with Crippen LogP contribution in [0.25, 0.3) is 101 Å². The van der Waals surface area contributed by atoms with Crippen molar-refractivity contribution in [3.05, 3.63) is 413 Å². The van der Waals surface area contributed by atoms with Crippen molar-refractivity contribution in [1.82, 2.24) is 39.9 Å². The molecule has 18 rings (SSSR count). The zero-order valence-electron chi connectivity index (χ0n) is 131. The average Bonchev–Trinajstić information content (AvgIpc) is 1.65. The van der Waals surface area contributed by atoms with E-state index in [4.69, 9.17) is 65.8 Å². The first kappa shape index (κ1) is 70.9. The molecule has 1 aliphatic carbocycles. The zero-order valence-corrected chi connectivity index (χ0v) is 105. The molecule has 20 heteroatoms. The second-order valence-corrected chi connectivity index (χ2v) is 71.3. The van der Waals surface area contributed by atoms with E-state index in [0.29, 0.717) is 90.3 Å². The van der Waals surface area contributed by atoms with Crippen LogP contribution in [0.15, 0.2) is 353 Å². The molecule has 1 fully saturated rings. The van der Waals surface area contributed by atoms with E-state index in [9.17, 15) is 0 Å². The average molecular weight is 3010 g/mol. The summed E-state index contributed by atoms with van der Waals surface area (Å²) in [5.74, 6) is 6.14. The predicted molar refractivity (Wildman–Crippen MR) is 637 cm³/mol. The number of hydrogen-bond donors (Lipinski definition) is 0. The van der Waals surface area contributed by atoms with E-state index in [1.54, 1.807) is 109 Å². The second-order valence-electron chi connectivity index (χ2n) is 36.3. The maximum Gasteiger partial charge on any atom is 0 e. The fraction of sp³-hybridized carbons (Fsp3) is 0.260. The summed E-state index contributed by atoms with van der Waals surface area (Å²) in [7, 11) is -15.2. The van der Waals surface area contributed by atoms with E-state index >= 15 is 0 Å². The minimum atomic E-state index is -4.34. The van der Waals surface area contributed by atoms with Crippen molar-refractivity contribution in [3.63, 3.8) is 0 Å². The quantitative estimate of drug-likeness (QED) is 0.0549. The van der Waals surface area contributed by atoms with Crippen LogP contribution in [-0.2, 0) is 86.8 Å². The van der Waals surface area contributed by atoms with Gasteiger partial charge in [0.05, 0.1) is 32.3 Å². The number of pyridine rings is 8. The minimum Gasteiger partial charge on any atom is 0 e. The van der Waals surface area contributed by atoms with Gasteiger partial charge in [0.25, 0.3) is 0 Å². The molecular formula is C127H148Ge4Ir4N8Si4-8. The van der Waals surface area contributed by atoms with Crippen LogP contribution in [0, 0.1) is 54.4 Å². The van der Waals surface area contributed by atoms with E-state index in [2.05, 4.69) is 88.4 Å². The van der Waals surface area contributed by atoms with Crippen molar-refractivity contribution in [2.24, 2.45) is 5.92 Å². The summed E-state index contributed by atoms with van der Waals surface area (Å²) in [6, 6.07) is 115. The molecule has 0 saturated heterocycles. The molecule has 4 radical (unpaired) electrons. The van der Waals surface area contributed by atoms with Gasteiger partial charge in [-0.25, -0.2) is 0 Å². The summed E-state index contributed by atoms with van der Waals surface area (Å²) in [5, 5.41) is 1.49. The minimum absolute atomic E-state index is 0. The van der Waals surface area contributed by atoms with Crippen molar-refractivity contribution in [2.75, 3.05) is 0 Å². The molecule has 0 amide bonds. The topological polar surface area (TPSA) is 103 Å². The van der Waals surface area contributed by atoms with Gasteiger partial charge in [-0.15, -0.1) is 143 Å². The van der Waals surface area contributed by atoms with Crippen LogP contribution in [0.5, 0.6) is 0 Å². The van der Waals surface area contributed by atoms with E-state index in [1.165, 1.54) is 98.8 Å². The Kier molecular flexibility index (Phi) is 28.5. The van der Waals surface area contributed by atoms with Gasteiger partial charge in [0, 0.05) is 138 Å². The Bertz CT molecular complexity index is 7940. The first-order chi connectivity index (χ1) is 87.8. The van der Waals surface area contributed by atoms with E-state index in [1.807, 2.05) is 208 Å². The van der Waals surface area contributed by atoms with Crippen molar-refractivity contribution in [2.45, 2.75) is 198 Å². The van der Waals surface area contributed by atoms with Gasteiger partial charge in [-0.1, -0.05) is 183 Å². The molecule has 0 spiro atoms. The van der Waals surface area contributed by atoms with Crippen LogP contribution in [0.2, 0.25) is 146 Å². The first-order valence-electron chi connectivity index (χ1n) is 70.5. The number of aromatic nitrogens is 8. The molecule has 1 saturated carbocycles. The van der Waals surface area contributed by atoms with Gasteiger partial charge < -0.3 is 19.9 Å². The fourth-order valence-corrected chi connectivity index (χ4v) is 24.7. The maximum atomic E-state index is 8.07. The smallest absolute Gasteiger partial charge is 0 e. The van der Waals surface area contributed by atoms with Crippen LogP contribution < -0.4 is 38.3 Å². The van der Waals surface area contributed by atoms with Gasteiger partial charge in [-0.2, -0.15) is 0 Å². The van der Waals surface area contributed by atoms with Crippen molar-refractivity contribution < 1.29 is 146 Å². The molecule has 8 nitrogen and oxygen atoms in total. The molecule has 0 unspecified atom stereocenters. The predicted octanol–water partition coefficient (Wildman–Crippen LogP) is 29.3. The Balaban J connectivity index is 0.000000296. The number of benzene rings is 9. The van der Waals surface area contributed by atoms with Crippen molar-refractivity contribution in [1.29, 1.82) is 0 Å². The molecule has 0 atom stereocenters. The SMILES string of the molecule is [2H]C([2H])([2H])[Si](C)(c1ccc(-c2[c-]ccc(-c3ccccc3)c2)nc1)C([2H])([2H])[2H].[2H]C([2H])([2H])[Si](C)(c1ccc(-c2[c-]cccc2)nc1)C([2H])([2H])[2H].[2H]C([2H])([2H])[Si](C)(c1cnc(-c2[c-]cccc2)cc1C1CCCC1)C([2H])([2H])[2H].[2H]C([2H])([2H])[Si](C)(c1cnc(-c2[c-]cccc2)cc1CC(C)C)C([2H])([2H])[2H].[2H][C]([2H])([2H])[Ge]([CH3])([c]1ccc(-c2[c-]cccc2)nc1)[C]([2H])([2H])[2H].[2H][C]([2H])([2H])[Ge]([CH3])([c]1ccc(-c2[c-]cccc2)nc1)[C]([2H])([2H])[2H].[2H][C]([2H])([2H])[Ge]([CH3])([c]1ccc(-c2[c-]cccc2)nc1)[C]([2H])([2H])[2H].[2H][C]([2H])([2H])[Ge]([CH3])([c]1ccc(-c2[c-]cccc2)nc1)[C]([2H])([2H])[2H].[Ir].[Ir].[Ir].[Ir]. The molecule has 772 valence electrons. The second kappa shape index (κ2) is 59.2. The molecule has 0 bridgehead atoms. The molecule has 9 aromatic carbocycles. The zero-order chi connectivity index (χ0) is 143. The largest absolute Gasteiger partial charge is 0 e. The molecular weight excluding hydrogens is 2810 g/mol. The third-order valence-electron chi connectivity index (χ3n) is 22.6. The summed E-state index contributed by atoms with van der Waals surface area (Å²) in [4.78, 5) is 34.5. The summed E-state index contributed by atoms with van der Waals surface area (Å²) < 4.78 is 376. The Morgan fingerprint density at radius 2 is 0.558 bits per heavy atom. The first-order valence-corrected chi connectivity index (χ1v) is 77.5. The van der Waals surface area contributed by atoms with E-state index in [-0.39, 0.29) is 92.3 Å². The Labute approximate surface area is 1020 Å². The molecule has 0 aliphatic heterocycles. The van der Waals surface area contributed by atoms with Gasteiger partial charge in [-0.3, -0.25) is 0 Å². The Morgan fingerprint density at radius 1 is 0.279 bits per heavy atom. The fourth-order valence-electron chi connectivity index (χ4n) is 14.7. The van der Waals surface area contributed by atoms with Crippen LogP contribution in [0.1, 0.15) is 122 Å². The van der Waals surface area contributed by atoms with Crippen LogP contribution in [-0.4, -0.2) is 125 Å².